The van der Waals surface area contributed by atoms with E-state index in [-0.39, 0.29) is 28.6 Å². The van der Waals surface area contributed by atoms with Gasteiger partial charge in [-0.3, -0.25) is 4.79 Å². The summed E-state index contributed by atoms with van der Waals surface area (Å²) >= 11 is 0. The Bertz CT molecular complexity index is 740. The fourth-order valence-corrected chi connectivity index (χ4v) is 2.09. The Morgan fingerprint density at radius 1 is 0.880 bits per heavy atom. The number of ketones is 1. The van der Waals surface area contributed by atoms with Crippen molar-refractivity contribution in [2.45, 2.75) is 0 Å². The molecule has 0 aliphatic rings. The van der Waals surface area contributed by atoms with Crippen molar-refractivity contribution in [1.82, 2.24) is 0 Å². The first-order valence-electron chi connectivity index (χ1n) is 7.29. The lowest BCUT2D eigenvalue weighted by atomic mass is 10.1. The number of esters is 1. The topological polar surface area (TPSA) is 91.3 Å². The Labute approximate surface area is 144 Å². The zero-order valence-corrected chi connectivity index (χ0v) is 14.1. The highest BCUT2D eigenvalue weighted by atomic mass is 16.5. The zero-order chi connectivity index (χ0) is 18.4. The lowest BCUT2D eigenvalue weighted by Gasteiger charge is -2.11. The first kappa shape index (κ1) is 18.1. The molecule has 0 aromatic heterocycles. The second-order valence-electron chi connectivity index (χ2n) is 4.96. The molecule has 0 bridgehead atoms. The van der Waals surface area contributed by atoms with Crippen molar-refractivity contribution >= 4 is 11.8 Å². The minimum Gasteiger partial charge on any atom is -0.502 e. The summed E-state index contributed by atoms with van der Waals surface area (Å²) in [5, 5.41) is 9.84. The molecule has 2 aromatic carbocycles. The second kappa shape index (κ2) is 8.05. The van der Waals surface area contributed by atoms with E-state index in [1.807, 2.05) is 0 Å². The van der Waals surface area contributed by atoms with E-state index >= 15 is 0 Å². The van der Waals surface area contributed by atoms with Crippen molar-refractivity contribution in [1.29, 1.82) is 0 Å². The van der Waals surface area contributed by atoms with Gasteiger partial charge in [0.2, 0.25) is 5.75 Å². The molecule has 0 spiro atoms. The van der Waals surface area contributed by atoms with Gasteiger partial charge in [0.15, 0.2) is 23.9 Å². The van der Waals surface area contributed by atoms with Crippen molar-refractivity contribution in [3.63, 3.8) is 0 Å². The van der Waals surface area contributed by atoms with Crippen LogP contribution in [0.5, 0.6) is 23.0 Å². The number of methoxy groups -OCH3 is 3. The molecule has 0 aliphatic heterocycles. The highest BCUT2D eigenvalue weighted by Crippen LogP contribution is 2.37. The summed E-state index contributed by atoms with van der Waals surface area (Å²) in [6.45, 7) is -0.420. The van der Waals surface area contributed by atoms with Crippen molar-refractivity contribution in [2.75, 3.05) is 27.9 Å². The van der Waals surface area contributed by atoms with E-state index in [9.17, 15) is 14.7 Å². The smallest absolute Gasteiger partial charge is 0.338 e. The van der Waals surface area contributed by atoms with Gasteiger partial charge < -0.3 is 24.1 Å². The summed E-state index contributed by atoms with van der Waals surface area (Å²) in [5.41, 5.74) is 0.489. The molecule has 0 unspecified atom stereocenters. The molecule has 0 amide bonds. The van der Waals surface area contributed by atoms with Crippen molar-refractivity contribution in [2.24, 2.45) is 0 Å². The molecule has 7 nitrogen and oxygen atoms in total. The van der Waals surface area contributed by atoms with E-state index in [0.29, 0.717) is 11.3 Å². The number of rotatable bonds is 7. The largest absolute Gasteiger partial charge is 0.502 e. The van der Waals surface area contributed by atoms with Gasteiger partial charge >= 0.3 is 5.97 Å². The number of carbonyl (C=O) groups is 2. The number of benzene rings is 2. The Morgan fingerprint density at radius 2 is 1.44 bits per heavy atom. The fourth-order valence-electron chi connectivity index (χ4n) is 2.09. The van der Waals surface area contributed by atoms with Gasteiger partial charge in [0.25, 0.3) is 0 Å². The van der Waals surface area contributed by atoms with Gasteiger partial charge in [-0.2, -0.15) is 0 Å². The summed E-state index contributed by atoms with van der Waals surface area (Å²) in [4.78, 5) is 24.2. The molecule has 7 heteroatoms. The van der Waals surface area contributed by atoms with Gasteiger partial charge in [0, 0.05) is 5.56 Å². The van der Waals surface area contributed by atoms with Crippen LogP contribution < -0.4 is 14.2 Å². The van der Waals surface area contributed by atoms with Crippen molar-refractivity contribution in [3.05, 3.63) is 47.5 Å². The molecule has 0 saturated heterocycles. The predicted molar refractivity (Wildman–Crippen MR) is 88.8 cm³/mol. The third-order valence-corrected chi connectivity index (χ3v) is 3.46. The molecule has 2 aromatic rings. The van der Waals surface area contributed by atoms with E-state index < -0.39 is 12.6 Å². The Kier molecular flexibility index (Phi) is 5.84. The highest BCUT2D eigenvalue weighted by Gasteiger charge is 2.18. The molecule has 0 saturated carbocycles. The van der Waals surface area contributed by atoms with Crippen molar-refractivity contribution < 1.29 is 33.6 Å². The number of hydrogen-bond donors (Lipinski definition) is 1. The van der Waals surface area contributed by atoms with Crippen LogP contribution in [0.15, 0.2) is 36.4 Å². The number of hydrogen-bond acceptors (Lipinski definition) is 7. The number of phenolic OH excluding ortho intramolecular Hbond substituents is 1. The normalized spacial score (nSPS) is 10.0. The van der Waals surface area contributed by atoms with Crippen LogP contribution in [-0.2, 0) is 4.74 Å². The molecule has 0 heterocycles. The fraction of sp³-hybridized carbons (Fsp3) is 0.222. The van der Waals surface area contributed by atoms with Crippen LogP contribution in [-0.4, -0.2) is 44.8 Å². The number of phenols is 1. The van der Waals surface area contributed by atoms with Gasteiger partial charge in [-0.15, -0.1) is 0 Å². The minimum atomic E-state index is -0.738. The maximum absolute atomic E-state index is 12.1. The molecule has 0 atom stereocenters. The van der Waals surface area contributed by atoms with E-state index in [4.69, 9.17) is 18.9 Å². The Morgan fingerprint density at radius 3 is 1.92 bits per heavy atom. The first-order chi connectivity index (χ1) is 12.0. The average Bonchev–Trinajstić information content (AvgIpc) is 2.66. The maximum Gasteiger partial charge on any atom is 0.338 e. The maximum atomic E-state index is 12.1. The average molecular weight is 346 g/mol. The quantitative estimate of drug-likeness (QED) is 0.608. The molecule has 132 valence electrons. The lowest BCUT2D eigenvalue weighted by Crippen LogP contribution is -2.14. The molecule has 0 aliphatic carbocycles. The first-order valence-corrected chi connectivity index (χ1v) is 7.29. The lowest BCUT2D eigenvalue weighted by molar-refractivity contribution is 0.0474. The van der Waals surface area contributed by atoms with Crippen LogP contribution in [0.4, 0.5) is 0 Å². The number of Topliss-reactive ketones (excluding diaryl/α,β-unsaturated/α-hetero) is 1. The van der Waals surface area contributed by atoms with Crippen molar-refractivity contribution in [3.8, 4) is 23.0 Å². The Balaban J connectivity index is 2.07. The summed E-state index contributed by atoms with van der Waals surface area (Å²) < 4.78 is 20.0. The molecule has 1 N–H and O–H groups in total. The van der Waals surface area contributed by atoms with Crippen LogP contribution in [0.25, 0.3) is 0 Å². The third kappa shape index (κ3) is 4.20. The van der Waals surface area contributed by atoms with Gasteiger partial charge in [-0.05, 0) is 36.4 Å². The second-order valence-corrected chi connectivity index (χ2v) is 4.96. The summed E-state index contributed by atoms with van der Waals surface area (Å²) in [6.07, 6.45) is 0. The Hall–Kier alpha value is -3.22. The van der Waals surface area contributed by atoms with Crippen LogP contribution in [0.2, 0.25) is 0 Å². The minimum absolute atomic E-state index is 0.0628. The number of carbonyl (C=O) groups excluding carboxylic acids is 2. The molecule has 25 heavy (non-hydrogen) atoms. The summed E-state index contributed by atoms with van der Waals surface area (Å²) in [7, 11) is 4.21. The highest BCUT2D eigenvalue weighted by molar-refractivity contribution is 5.99. The standard InChI is InChI=1S/C18H18O7/c1-22-13-6-4-11(5-7-13)14(19)10-25-18(21)12-8-15(23-2)17(20)16(9-12)24-3/h4-9,20H,10H2,1-3H3. The van der Waals surface area contributed by atoms with Gasteiger partial charge in [0.05, 0.1) is 26.9 Å². The number of ether oxygens (including phenoxy) is 4. The van der Waals surface area contributed by atoms with Crippen LogP contribution in [0.1, 0.15) is 20.7 Å². The third-order valence-electron chi connectivity index (χ3n) is 3.46. The van der Waals surface area contributed by atoms with Gasteiger partial charge in [-0.1, -0.05) is 0 Å². The molecule has 0 fully saturated rings. The SMILES string of the molecule is COc1ccc(C(=O)COC(=O)c2cc(OC)c(O)c(OC)c2)cc1. The van der Waals surface area contributed by atoms with Gasteiger partial charge in [0.1, 0.15) is 5.75 Å². The molecular formula is C18H18O7. The van der Waals surface area contributed by atoms with E-state index in [1.54, 1.807) is 24.3 Å². The van der Waals surface area contributed by atoms with Crippen LogP contribution >= 0.6 is 0 Å². The molecule has 0 radical (unpaired) electrons. The van der Waals surface area contributed by atoms with E-state index in [2.05, 4.69) is 0 Å². The predicted octanol–water partition coefficient (Wildman–Crippen LogP) is 2.46. The monoisotopic (exact) mass is 346 g/mol. The van der Waals surface area contributed by atoms with Crippen LogP contribution in [0.3, 0.4) is 0 Å². The van der Waals surface area contributed by atoms with E-state index in [1.165, 1.54) is 33.5 Å². The molecular weight excluding hydrogens is 328 g/mol. The summed E-state index contributed by atoms with van der Waals surface area (Å²) in [5.74, 6) is -0.569. The van der Waals surface area contributed by atoms with E-state index in [0.717, 1.165) is 0 Å². The number of aromatic hydroxyl groups is 1. The summed E-state index contributed by atoms with van der Waals surface area (Å²) in [6, 6.07) is 9.06. The van der Waals surface area contributed by atoms with Gasteiger partial charge in [-0.25, -0.2) is 4.79 Å². The molecule has 2 rings (SSSR count). The zero-order valence-electron chi connectivity index (χ0n) is 14.1. The van der Waals surface area contributed by atoms with Crippen LogP contribution in [0, 0.1) is 0 Å².